The van der Waals surface area contributed by atoms with E-state index in [4.69, 9.17) is 0 Å². The van der Waals surface area contributed by atoms with Crippen LogP contribution in [0.4, 0.5) is 5.82 Å². The standard InChI is InChI=1S/C21H28N4O/c1-14-11-16(15-6-7-15)12-19(26)21(14)18-8-9-20(23-22-18)25(3)17-5-4-10-24(2)13-17/h8-9,11-12,15,17,26H,4-7,10,13H2,1-3H3/t17-/m1/s1. The third-order valence-electron chi connectivity index (χ3n) is 5.80. The van der Waals surface area contributed by atoms with E-state index >= 15 is 0 Å². The van der Waals surface area contributed by atoms with Crippen LogP contribution >= 0.6 is 0 Å². The van der Waals surface area contributed by atoms with Crippen LogP contribution < -0.4 is 4.90 Å². The molecule has 5 heteroatoms. The molecule has 2 fully saturated rings. The molecule has 1 aromatic carbocycles. The molecule has 26 heavy (non-hydrogen) atoms. The Balaban J connectivity index is 1.56. The summed E-state index contributed by atoms with van der Waals surface area (Å²) in [6, 6.07) is 8.56. The highest BCUT2D eigenvalue weighted by Gasteiger charge is 2.26. The van der Waals surface area contributed by atoms with Crippen molar-refractivity contribution in [2.75, 3.05) is 32.1 Å². The third-order valence-corrected chi connectivity index (χ3v) is 5.80. The average Bonchev–Trinajstić information content (AvgIpc) is 3.46. The van der Waals surface area contributed by atoms with Crippen LogP contribution in [0.3, 0.4) is 0 Å². The number of hydrogen-bond donors (Lipinski definition) is 1. The monoisotopic (exact) mass is 352 g/mol. The number of aromatic nitrogens is 2. The van der Waals surface area contributed by atoms with Gasteiger partial charge in [-0.2, -0.15) is 0 Å². The van der Waals surface area contributed by atoms with Crippen molar-refractivity contribution in [3.05, 3.63) is 35.4 Å². The smallest absolute Gasteiger partial charge is 0.151 e. The number of phenols is 1. The molecule has 138 valence electrons. The predicted octanol–water partition coefficient (Wildman–Crippen LogP) is 3.57. The number of likely N-dealkylation sites (tertiary alicyclic amines) is 1. The Hall–Kier alpha value is -2.14. The lowest BCUT2D eigenvalue weighted by Gasteiger charge is -2.36. The fourth-order valence-corrected chi connectivity index (χ4v) is 4.07. The van der Waals surface area contributed by atoms with Crippen LogP contribution in [0.1, 0.15) is 42.7 Å². The first-order valence-electron chi connectivity index (χ1n) is 9.62. The van der Waals surface area contributed by atoms with E-state index < -0.39 is 0 Å². The van der Waals surface area contributed by atoms with Gasteiger partial charge in [0, 0.05) is 25.2 Å². The number of nitrogens with zero attached hydrogens (tertiary/aromatic N) is 4. The molecular formula is C21H28N4O. The second kappa shape index (κ2) is 6.88. The van der Waals surface area contributed by atoms with E-state index in [0.717, 1.165) is 29.2 Å². The number of benzene rings is 1. The number of aryl methyl sites for hydroxylation is 1. The van der Waals surface area contributed by atoms with Crippen molar-refractivity contribution >= 4 is 5.82 Å². The fourth-order valence-electron chi connectivity index (χ4n) is 4.07. The summed E-state index contributed by atoms with van der Waals surface area (Å²) in [7, 11) is 4.27. The first kappa shape index (κ1) is 17.3. The summed E-state index contributed by atoms with van der Waals surface area (Å²) in [5, 5.41) is 19.4. The van der Waals surface area contributed by atoms with Crippen molar-refractivity contribution in [1.29, 1.82) is 0 Å². The Morgan fingerprint density at radius 2 is 1.96 bits per heavy atom. The second-order valence-electron chi connectivity index (χ2n) is 7.95. The molecule has 0 spiro atoms. The molecule has 1 atom stereocenters. The Morgan fingerprint density at radius 3 is 2.58 bits per heavy atom. The Labute approximate surface area is 155 Å². The lowest BCUT2D eigenvalue weighted by Crippen LogP contribution is -2.45. The number of rotatable bonds is 4. The summed E-state index contributed by atoms with van der Waals surface area (Å²) in [5.74, 6) is 1.83. The van der Waals surface area contributed by atoms with Gasteiger partial charge in [-0.1, -0.05) is 6.07 Å². The quantitative estimate of drug-likeness (QED) is 0.912. The second-order valence-corrected chi connectivity index (χ2v) is 7.95. The molecule has 1 saturated carbocycles. The topological polar surface area (TPSA) is 52.5 Å². The number of aromatic hydroxyl groups is 1. The molecule has 0 amide bonds. The molecule has 4 rings (SSSR count). The van der Waals surface area contributed by atoms with Crippen LogP contribution in [0.25, 0.3) is 11.3 Å². The Kier molecular flexibility index (Phi) is 4.57. The lowest BCUT2D eigenvalue weighted by molar-refractivity contribution is 0.247. The molecule has 1 saturated heterocycles. The molecular weight excluding hydrogens is 324 g/mol. The maximum absolute atomic E-state index is 10.5. The van der Waals surface area contributed by atoms with Crippen molar-refractivity contribution in [2.24, 2.45) is 0 Å². The number of hydrogen-bond acceptors (Lipinski definition) is 5. The van der Waals surface area contributed by atoms with Crippen LogP contribution in [0, 0.1) is 6.92 Å². The van der Waals surface area contributed by atoms with Crippen LogP contribution in [0.15, 0.2) is 24.3 Å². The predicted molar refractivity (Wildman–Crippen MR) is 105 cm³/mol. The highest BCUT2D eigenvalue weighted by molar-refractivity contribution is 5.71. The molecule has 1 aliphatic heterocycles. The zero-order chi connectivity index (χ0) is 18.3. The van der Waals surface area contributed by atoms with E-state index in [1.165, 1.54) is 37.8 Å². The van der Waals surface area contributed by atoms with Crippen molar-refractivity contribution in [1.82, 2.24) is 15.1 Å². The zero-order valence-electron chi connectivity index (χ0n) is 15.9. The van der Waals surface area contributed by atoms with Gasteiger partial charge in [0.2, 0.25) is 0 Å². The SMILES string of the molecule is Cc1cc(C2CC2)cc(O)c1-c1ccc(N(C)[C@@H]2CCCN(C)C2)nn1. The first-order valence-corrected chi connectivity index (χ1v) is 9.62. The van der Waals surface area contributed by atoms with Crippen molar-refractivity contribution in [2.45, 2.75) is 44.6 Å². The summed E-state index contributed by atoms with van der Waals surface area (Å²) < 4.78 is 0. The van der Waals surface area contributed by atoms with E-state index in [-0.39, 0.29) is 0 Å². The van der Waals surface area contributed by atoms with Crippen LogP contribution in [-0.4, -0.2) is 53.4 Å². The van der Waals surface area contributed by atoms with Crippen molar-refractivity contribution in [3.63, 3.8) is 0 Å². The van der Waals surface area contributed by atoms with Gasteiger partial charge in [0.1, 0.15) is 5.75 Å². The van der Waals surface area contributed by atoms with E-state index in [0.29, 0.717) is 17.7 Å². The lowest BCUT2D eigenvalue weighted by atomic mass is 9.99. The highest BCUT2D eigenvalue weighted by Crippen LogP contribution is 2.44. The largest absolute Gasteiger partial charge is 0.507 e. The first-order chi connectivity index (χ1) is 12.5. The minimum Gasteiger partial charge on any atom is -0.507 e. The maximum Gasteiger partial charge on any atom is 0.151 e. The summed E-state index contributed by atoms with van der Waals surface area (Å²) >= 11 is 0. The van der Waals surface area contributed by atoms with Crippen molar-refractivity contribution < 1.29 is 5.11 Å². The molecule has 1 aromatic heterocycles. The molecule has 0 bridgehead atoms. The molecule has 0 radical (unpaired) electrons. The molecule has 2 aliphatic rings. The molecule has 5 nitrogen and oxygen atoms in total. The van der Waals surface area contributed by atoms with Gasteiger partial charge in [-0.05, 0) is 81.4 Å². The van der Waals surface area contributed by atoms with Gasteiger partial charge in [-0.15, -0.1) is 10.2 Å². The van der Waals surface area contributed by atoms with E-state index in [9.17, 15) is 5.11 Å². The normalized spacial score (nSPS) is 21.0. The van der Waals surface area contributed by atoms with Gasteiger partial charge in [0.25, 0.3) is 0 Å². The summed E-state index contributed by atoms with van der Waals surface area (Å²) in [5.41, 5.74) is 3.85. The summed E-state index contributed by atoms with van der Waals surface area (Å²) in [4.78, 5) is 4.60. The maximum atomic E-state index is 10.5. The molecule has 2 heterocycles. The van der Waals surface area contributed by atoms with E-state index in [1.807, 2.05) is 25.1 Å². The Bertz CT molecular complexity index is 762. The molecule has 2 aromatic rings. The number of anilines is 1. The Morgan fingerprint density at radius 1 is 1.15 bits per heavy atom. The van der Waals surface area contributed by atoms with Gasteiger partial charge in [0.05, 0.1) is 5.69 Å². The van der Waals surface area contributed by atoms with Gasteiger partial charge < -0.3 is 14.9 Å². The third kappa shape index (κ3) is 3.40. The highest BCUT2D eigenvalue weighted by atomic mass is 16.3. The minimum absolute atomic E-state index is 0.316. The minimum atomic E-state index is 0.316. The summed E-state index contributed by atoms with van der Waals surface area (Å²) in [6.45, 7) is 4.27. The van der Waals surface area contributed by atoms with Gasteiger partial charge >= 0.3 is 0 Å². The fraction of sp³-hybridized carbons (Fsp3) is 0.524. The molecule has 1 N–H and O–H groups in total. The van der Waals surface area contributed by atoms with E-state index in [1.54, 1.807) is 0 Å². The average molecular weight is 352 g/mol. The van der Waals surface area contributed by atoms with Crippen LogP contribution in [0.5, 0.6) is 5.75 Å². The molecule has 1 aliphatic carbocycles. The van der Waals surface area contributed by atoms with Gasteiger partial charge in [-0.3, -0.25) is 0 Å². The van der Waals surface area contributed by atoms with E-state index in [2.05, 4.69) is 40.2 Å². The van der Waals surface area contributed by atoms with Gasteiger partial charge in [-0.25, -0.2) is 0 Å². The zero-order valence-corrected chi connectivity index (χ0v) is 15.9. The summed E-state index contributed by atoms with van der Waals surface area (Å²) in [6.07, 6.45) is 4.87. The van der Waals surface area contributed by atoms with Crippen LogP contribution in [0.2, 0.25) is 0 Å². The number of likely N-dealkylation sites (N-methyl/N-ethyl adjacent to an activating group) is 2. The number of phenolic OH excluding ortho intramolecular Hbond substituents is 1. The molecule has 0 unspecified atom stereocenters. The van der Waals surface area contributed by atoms with Crippen molar-refractivity contribution in [3.8, 4) is 17.0 Å². The van der Waals surface area contributed by atoms with Crippen LogP contribution in [-0.2, 0) is 0 Å². The number of piperidine rings is 1. The van der Waals surface area contributed by atoms with Gasteiger partial charge in [0.15, 0.2) is 5.82 Å².